The average Bonchev–Trinajstić information content (AvgIpc) is 3.38. The topological polar surface area (TPSA) is 182 Å². The van der Waals surface area contributed by atoms with Crippen molar-refractivity contribution in [3.05, 3.63) is 17.1 Å². The number of amides is 2. The Morgan fingerprint density at radius 3 is 2.94 bits per heavy atom. The van der Waals surface area contributed by atoms with Crippen LogP contribution in [0.2, 0.25) is 0 Å². The number of terminal acetylenes is 1. The molecule has 2 aliphatic rings. The second-order valence-electron chi connectivity index (χ2n) is 6.55. The lowest BCUT2D eigenvalue weighted by atomic mass is 10.0. The molecule has 0 aliphatic carbocycles. The minimum atomic E-state index is -1.21. The molecule has 4 N–H and O–H groups in total. The van der Waals surface area contributed by atoms with Crippen molar-refractivity contribution >= 4 is 58.0 Å². The third-order valence-corrected chi connectivity index (χ3v) is 7.45. The molecule has 1 fully saturated rings. The van der Waals surface area contributed by atoms with Crippen molar-refractivity contribution in [3.63, 3.8) is 0 Å². The van der Waals surface area contributed by atoms with Gasteiger partial charge in [0.15, 0.2) is 11.0 Å². The Kier molecular flexibility index (Phi) is 6.30. The van der Waals surface area contributed by atoms with E-state index in [9.17, 15) is 19.5 Å². The Hall–Kier alpha value is -3.16. The number of anilines is 1. The summed E-state index contributed by atoms with van der Waals surface area (Å²) < 4.78 is 5.37. The van der Waals surface area contributed by atoms with Gasteiger partial charge >= 0.3 is 5.97 Å². The summed E-state index contributed by atoms with van der Waals surface area (Å²) in [5.74, 6) is 1.20. The molecule has 2 aromatic rings. The first-order chi connectivity index (χ1) is 15.4. The summed E-state index contributed by atoms with van der Waals surface area (Å²) in [6.07, 6.45) is 5.16. The smallest absolute Gasteiger partial charge is 0.352 e. The number of nitrogens with one attached hydrogen (secondary N) is 1. The molecule has 0 aromatic carbocycles. The van der Waals surface area contributed by atoms with Crippen LogP contribution in [0.1, 0.15) is 5.82 Å². The first-order valence-corrected chi connectivity index (χ1v) is 11.8. The van der Waals surface area contributed by atoms with Gasteiger partial charge in [-0.05, 0) is 16.0 Å². The second kappa shape index (κ2) is 9.14. The zero-order chi connectivity index (χ0) is 22.8. The molecule has 4 rings (SSSR count). The fourth-order valence-electron chi connectivity index (χ4n) is 3.14. The number of fused-ring (bicyclic) bond motifs is 1. The molecule has 13 nitrogen and oxygen atoms in total. The zero-order valence-electron chi connectivity index (χ0n) is 16.2. The number of aromatic nitrogens is 6. The van der Waals surface area contributed by atoms with Crippen LogP contribution in [-0.4, -0.2) is 80.3 Å². The molecule has 0 radical (unpaired) electrons. The third kappa shape index (κ3) is 4.26. The van der Waals surface area contributed by atoms with Crippen LogP contribution in [-0.2, 0) is 27.3 Å². The van der Waals surface area contributed by atoms with Gasteiger partial charge in [0, 0.05) is 23.0 Å². The maximum absolute atomic E-state index is 12.7. The van der Waals surface area contributed by atoms with Crippen LogP contribution in [0.15, 0.2) is 16.4 Å². The number of carboxylic acid groups (broad SMARTS) is 1. The highest BCUT2D eigenvalue weighted by atomic mass is 32.2. The van der Waals surface area contributed by atoms with Gasteiger partial charge < -0.3 is 16.2 Å². The number of carbonyl (C=O) groups is 3. The third-order valence-electron chi connectivity index (χ3n) is 4.48. The summed E-state index contributed by atoms with van der Waals surface area (Å²) in [7, 11) is 0. The van der Waals surface area contributed by atoms with Crippen molar-refractivity contribution in [2.75, 3.05) is 17.2 Å². The lowest BCUT2D eigenvalue weighted by Gasteiger charge is -2.49. The number of hydrogen-bond donors (Lipinski definition) is 3. The normalized spacial score (nSPS) is 19.8. The number of nitrogen functional groups attached to an aromatic ring is 1. The van der Waals surface area contributed by atoms with Crippen LogP contribution in [0.25, 0.3) is 0 Å². The molecule has 1 saturated heterocycles. The quantitative estimate of drug-likeness (QED) is 0.227. The predicted molar refractivity (Wildman–Crippen MR) is 115 cm³/mol. The summed E-state index contributed by atoms with van der Waals surface area (Å²) in [5.41, 5.74) is 5.98. The number of β-lactam (4-membered cyclic amide) rings is 1. The van der Waals surface area contributed by atoms with Crippen molar-refractivity contribution in [2.45, 2.75) is 29.5 Å². The van der Waals surface area contributed by atoms with E-state index >= 15 is 0 Å². The molecule has 4 heterocycles. The fourth-order valence-corrected chi connectivity index (χ4v) is 5.95. The van der Waals surface area contributed by atoms with E-state index < -0.39 is 29.2 Å². The number of tetrazole rings is 1. The molecular weight excluding hydrogens is 478 g/mol. The molecule has 16 heteroatoms. The minimum Gasteiger partial charge on any atom is -0.477 e. The van der Waals surface area contributed by atoms with Crippen molar-refractivity contribution in [2.24, 2.45) is 0 Å². The number of carboxylic acids is 1. The Morgan fingerprint density at radius 2 is 2.25 bits per heavy atom. The van der Waals surface area contributed by atoms with Crippen LogP contribution < -0.4 is 11.1 Å². The maximum atomic E-state index is 12.7. The van der Waals surface area contributed by atoms with Gasteiger partial charge in [0.05, 0.1) is 6.42 Å². The van der Waals surface area contributed by atoms with Gasteiger partial charge in [0.2, 0.25) is 11.1 Å². The van der Waals surface area contributed by atoms with E-state index in [2.05, 4.69) is 36.1 Å². The molecule has 32 heavy (non-hydrogen) atoms. The number of hydrogen-bond acceptors (Lipinski definition) is 12. The summed E-state index contributed by atoms with van der Waals surface area (Å²) in [6.45, 7) is 0.187. The average molecular weight is 494 g/mol. The molecule has 166 valence electrons. The van der Waals surface area contributed by atoms with Gasteiger partial charge in [-0.1, -0.05) is 17.7 Å². The molecule has 2 aromatic heterocycles. The van der Waals surface area contributed by atoms with Crippen molar-refractivity contribution in [3.8, 4) is 12.3 Å². The number of nitrogens with zero attached hydrogens (tertiary/aromatic N) is 7. The molecular formula is C16H15N9O4S3. The Balaban J connectivity index is 1.43. The Labute approximate surface area is 193 Å². The van der Waals surface area contributed by atoms with E-state index in [1.807, 2.05) is 0 Å². The number of nitrogens with two attached hydrogens (primary N) is 1. The molecule has 2 aliphatic heterocycles. The van der Waals surface area contributed by atoms with Gasteiger partial charge in [-0.25, -0.2) is 14.5 Å². The van der Waals surface area contributed by atoms with E-state index in [1.54, 1.807) is 0 Å². The predicted octanol–water partition coefficient (Wildman–Crippen LogP) is -1.19. The SMILES string of the molecule is C#CCn1nnnc1SCC1=C(C(=O)O)N2C(=O)C(NC(=O)Cc3nsc(N)n3)[C@@H]2SC1. The highest BCUT2D eigenvalue weighted by Crippen LogP contribution is 2.41. The van der Waals surface area contributed by atoms with Crippen LogP contribution in [0, 0.1) is 12.3 Å². The van der Waals surface area contributed by atoms with Gasteiger partial charge in [-0.15, -0.1) is 23.3 Å². The molecule has 1 unspecified atom stereocenters. The number of rotatable bonds is 8. The van der Waals surface area contributed by atoms with Crippen molar-refractivity contribution in [1.82, 2.24) is 39.8 Å². The standard InChI is InChI=1S/C16H15N9O4S3/c1-2-3-24-16(20-22-23-24)31-6-7-5-30-13-10(12(27)25(13)11(7)14(28)29)19-9(26)4-8-18-15(17)32-21-8/h1,10,13H,3-6H2,(H,19,26)(H,28,29)(H2,17,18,21)/t10?,13-/m0/s1. The summed E-state index contributed by atoms with van der Waals surface area (Å²) >= 11 is 3.58. The van der Waals surface area contributed by atoms with Gasteiger partial charge in [-0.2, -0.15) is 4.37 Å². The summed E-state index contributed by atoms with van der Waals surface area (Å²) in [5, 5.41) is 23.8. The summed E-state index contributed by atoms with van der Waals surface area (Å²) in [6, 6.07) is -0.824. The van der Waals surface area contributed by atoms with Crippen LogP contribution in [0.5, 0.6) is 0 Å². The monoisotopic (exact) mass is 493 g/mol. The van der Waals surface area contributed by atoms with Crippen molar-refractivity contribution in [1.29, 1.82) is 0 Å². The van der Waals surface area contributed by atoms with E-state index in [1.165, 1.54) is 33.1 Å². The lowest BCUT2D eigenvalue weighted by Crippen LogP contribution is -2.70. The van der Waals surface area contributed by atoms with Gasteiger partial charge in [-0.3, -0.25) is 14.5 Å². The first kappa shape index (κ1) is 22.0. The molecule has 0 saturated carbocycles. The van der Waals surface area contributed by atoms with Crippen LogP contribution in [0.4, 0.5) is 5.13 Å². The zero-order valence-corrected chi connectivity index (χ0v) is 18.6. The highest BCUT2D eigenvalue weighted by Gasteiger charge is 2.54. The van der Waals surface area contributed by atoms with E-state index in [4.69, 9.17) is 12.2 Å². The maximum Gasteiger partial charge on any atom is 0.352 e. The second-order valence-corrected chi connectivity index (χ2v) is 9.38. The molecule has 2 amide bonds. The molecule has 0 bridgehead atoms. The fraction of sp³-hybridized carbons (Fsp3) is 0.375. The van der Waals surface area contributed by atoms with Gasteiger partial charge in [0.25, 0.3) is 5.91 Å². The number of thioether (sulfide) groups is 2. The van der Waals surface area contributed by atoms with E-state index in [0.29, 0.717) is 16.5 Å². The largest absolute Gasteiger partial charge is 0.477 e. The number of aliphatic carboxylic acids is 1. The molecule has 2 atom stereocenters. The highest BCUT2D eigenvalue weighted by molar-refractivity contribution is 8.01. The summed E-state index contributed by atoms with van der Waals surface area (Å²) in [4.78, 5) is 42.0. The van der Waals surface area contributed by atoms with Gasteiger partial charge in [0.1, 0.15) is 23.7 Å². The number of carbonyl (C=O) groups excluding carboxylic acids is 2. The lowest BCUT2D eigenvalue weighted by molar-refractivity contribution is -0.150. The Bertz CT molecular complexity index is 1150. The first-order valence-electron chi connectivity index (χ1n) is 8.99. The molecule has 0 spiro atoms. The van der Waals surface area contributed by atoms with Crippen molar-refractivity contribution < 1.29 is 19.5 Å². The minimum absolute atomic E-state index is 0.0818. The van der Waals surface area contributed by atoms with E-state index in [0.717, 1.165) is 11.5 Å². The van der Waals surface area contributed by atoms with Crippen LogP contribution >= 0.6 is 35.1 Å². The van der Waals surface area contributed by atoms with Crippen LogP contribution in [0.3, 0.4) is 0 Å². The van der Waals surface area contributed by atoms with E-state index in [-0.39, 0.29) is 35.4 Å². The Morgan fingerprint density at radius 1 is 1.44 bits per heavy atom.